The van der Waals surface area contributed by atoms with E-state index < -0.39 is 0 Å². The fourth-order valence-corrected chi connectivity index (χ4v) is 3.06. The zero-order valence-electron chi connectivity index (χ0n) is 9.69. The van der Waals surface area contributed by atoms with Crippen LogP contribution in [-0.2, 0) is 0 Å². The molecule has 0 saturated heterocycles. The van der Waals surface area contributed by atoms with Crippen LogP contribution in [0.5, 0.6) is 0 Å². The molecule has 3 nitrogen and oxygen atoms in total. The molecule has 0 amide bonds. The summed E-state index contributed by atoms with van der Waals surface area (Å²) in [6.45, 7) is 0. The van der Waals surface area contributed by atoms with E-state index in [0.29, 0.717) is 6.04 Å². The molecule has 1 aromatic rings. The number of rotatable bonds is 2. The van der Waals surface area contributed by atoms with Crippen molar-refractivity contribution in [3.63, 3.8) is 0 Å². The van der Waals surface area contributed by atoms with E-state index in [1.807, 2.05) is 6.20 Å². The molecule has 0 atom stereocenters. The summed E-state index contributed by atoms with van der Waals surface area (Å²) in [5.41, 5.74) is 0. The Balaban J connectivity index is 2.11. The van der Waals surface area contributed by atoms with Crippen molar-refractivity contribution < 1.29 is 0 Å². The van der Waals surface area contributed by atoms with Crippen molar-refractivity contribution in [1.29, 1.82) is 0 Å². The maximum Gasteiger partial charge on any atom is 0.145 e. The molecule has 0 aliphatic heterocycles. The van der Waals surface area contributed by atoms with Crippen LogP contribution in [0, 0.1) is 3.57 Å². The van der Waals surface area contributed by atoms with E-state index in [4.69, 9.17) is 0 Å². The van der Waals surface area contributed by atoms with Crippen molar-refractivity contribution in [2.24, 2.45) is 0 Å². The zero-order valence-corrected chi connectivity index (χ0v) is 11.9. The van der Waals surface area contributed by atoms with Crippen LogP contribution in [0.2, 0.25) is 0 Å². The summed E-state index contributed by atoms with van der Waals surface area (Å²) < 4.78 is 1.15. The second-order valence-corrected chi connectivity index (χ2v) is 5.61. The lowest BCUT2D eigenvalue weighted by Gasteiger charge is -2.28. The van der Waals surface area contributed by atoms with E-state index in [-0.39, 0.29) is 0 Å². The monoisotopic (exact) mass is 331 g/mol. The third-order valence-corrected chi connectivity index (χ3v) is 4.12. The molecule has 0 radical (unpaired) electrons. The summed E-state index contributed by atoms with van der Waals surface area (Å²) >= 11 is 2.31. The third-order valence-electron chi connectivity index (χ3n) is 3.35. The van der Waals surface area contributed by atoms with Gasteiger partial charge in [0.05, 0.1) is 3.57 Å². The SMILES string of the molecule is CN(c1ncncc1I)C1CCCCCC1. The minimum Gasteiger partial charge on any atom is -0.356 e. The summed E-state index contributed by atoms with van der Waals surface area (Å²) in [6, 6.07) is 0.658. The minimum atomic E-state index is 0.658. The van der Waals surface area contributed by atoms with Crippen LogP contribution in [0.4, 0.5) is 5.82 Å². The molecule has 1 aliphatic rings. The Hall–Kier alpha value is -0.390. The molecule has 0 unspecified atom stereocenters. The highest BCUT2D eigenvalue weighted by Crippen LogP contribution is 2.26. The zero-order chi connectivity index (χ0) is 11.4. The average Bonchev–Trinajstić information content (AvgIpc) is 2.57. The summed E-state index contributed by atoms with van der Waals surface area (Å²) in [7, 11) is 2.17. The Morgan fingerprint density at radius 1 is 1.25 bits per heavy atom. The standard InChI is InChI=1S/C12H18IN3/c1-16(10-6-4-2-3-5-7-10)12-11(13)8-14-9-15-12/h8-10H,2-7H2,1H3. The van der Waals surface area contributed by atoms with Crippen LogP contribution in [0.3, 0.4) is 0 Å². The molecule has 1 fully saturated rings. The van der Waals surface area contributed by atoms with Gasteiger partial charge in [-0.25, -0.2) is 9.97 Å². The fourth-order valence-electron chi connectivity index (χ4n) is 2.38. The Morgan fingerprint density at radius 2 is 1.94 bits per heavy atom. The van der Waals surface area contributed by atoms with Crippen molar-refractivity contribution in [3.8, 4) is 0 Å². The van der Waals surface area contributed by atoms with Crippen molar-refractivity contribution in [3.05, 3.63) is 16.1 Å². The highest BCUT2D eigenvalue weighted by Gasteiger charge is 2.19. The molecule has 0 N–H and O–H groups in total. The molecule has 1 aromatic heterocycles. The maximum atomic E-state index is 4.39. The summed E-state index contributed by atoms with van der Waals surface area (Å²) in [5.74, 6) is 1.09. The highest BCUT2D eigenvalue weighted by molar-refractivity contribution is 14.1. The molecule has 1 heterocycles. The first-order chi connectivity index (χ1) is 7.79. The maximum absolute atomic E-state index is 4.39. The van der Waals surface area contributed by atoms with E-state index in [1.165, 1.54) is 38.5 Å². The lowest BCUT2D eigenvalue weighted by atomic mass is 10.1. The molecule has 4 heteroatoms. The lowest BCUT2D eigenvalue weighted by Crippen LogP contribution is -2.32. The van der Waals surface area contributed by atoms with Crippen LogP contribution in [0.25, 0.3) is 0 Å². The van der Waals surface area contributed by atoms with Gasteiger partial charge in [0.2, 0.25) is 0 Å². The van der Waals surface area contributed by atoms with Gasteiger partial charge in [0.1, 0.15) is 12.1 Å². The quantitative estimate of drug-likeness (QED) is 0.615. The van der Waals surface area contributed by atoms with Crippen LogP contribution in [0.1, 0.15) is 38.5 Å². The molecule has 0 bridgehead atoms. The highest BCUT2D eigenvalue weighted by atomic mass is 127. The van der Waals surface area contributed by atoms with E-state index in [2.05, 4.69) is 44.5 Å². The van der Waals surface area contributed by atoms with Gasteiger partial charge < -0.3 is 4.90 Å². The molecule has 16 heavy (non-hydrogen) atoms. The van der Waals surface area contributed by atoms with Crippen molar-refractivity contribution >= 4 is 28.4 Å². The summed E-state index contributed by atoms with van der Waals surface area (Å²) in [6.07, 6.45) is 11.6. The molecular weight excluding hydrogens is 313 g/mol. The number of aromatic nitrogens is 2. The molecule has 0 aromatic carbocycles. The average molecular weight is 331 g/mol. The van der Waals surface area contributed by atoms with Crippen LogP contribution >= 0.6 is 22.6 Å². The first-order valence-electron chi connectivity index (χ1n) is 5.97. The van der Waals surface area contributed by atoms with Crippen LogP contribution < -0.4 is 4.90 Å². The van der Waals surface area contributed by atoms with E-state index in [9.17, 15) is 0 Å². The smallest absolute Gasteiger partial charge is 0.145 e. The summed E-state index contributed by atoms with van der Waals surface area (Å²) in [4.78, 5) is 10.8. The number of nitrogens with zero attached hydrogens (tertiary/aromatic N) is 3. The molecular formula is C12H18IN3. The predicted octanol–water partition coefficient (Wildman–Crippen LogP) is 3.24. The van der Waals surface area contributed by atoms with Gasteiger partial charge in [-0.15, -0.1) is 0 Å². The third kappa shape index (κ3) is 2.84. The first-order valence-corrected chi connectivity index (χ1v) is 7.05. The molecule has 1 saturated carbocycles. The van der Waals surface area contributed by atoms with Gasteiger partial charge in [-0.2, -0.15) is 0 Å². The number of hydrogen-bond donors (Lipinski definition) is 0. The number of hydrogen-bond acceptors (Lipinski definition) is 3. The number of halogens is 1. The number of anilines is 1. The van der Waals surface area contributed by atoms with Crippen molar-refractivity contribution in [2.75, 3.05) is 11.9 Å². The normalized spacial score (nSPS) is 18.1. The van der Waals surface area contributed by atoms with Gasteiger partial charge in [0, 0.05) is 19.3 Å². The van der Waals surface area contributed by atoms with E-state index in [0.717, 1.165) is 9.39 Å². The molecule has 2 rings (SSSR count). The van der Waals surface area contributed by atoms with E-state index >= 15 is 0 Å². The molecule has 1 aliphatic carbocycles. The Labute approximate surface area is 111 Å². The summed E-state index contributed by atoms with van der Waals surface area (Å²) in [5, 5.41) is 0. The van der Waals surface area contributed by atoms with Gasteiger partial charge in [-0.05, 0) is 35.4 Å². The van der Waals surface area contributed by atoms with Gasteiger partial charge in [-0.3, -0.25) is 0 Å². The minimum absolute atomic E-state index is 0.658. The van der Waals surface area contributed by atoms with Gasteiger partial charge in [0.15, 0.2) is 0 Å². The van der Waals surface area contributed by atoms with Gasteiger partial charge in [-0.1, -0.05) is 25.7 Å². The molecule has 0 spiro atoms. The second-order valence-electron chi connectivity index (χ2n) is 4.45. The molecule has 88 valence electrons. The Morgan fingerprint density at radius 3 is 2.56 bits per heavy atom. The van der Waals surface area contributed by atoms with Gasteiger partial charge in [0.25, 0.3) is 0 Å². The Kier molecular flexibility index (Phi) is 4.37. The first kappa shape index (κ1) is 12.1. The lowest BCUT2D eigenvalue weighted by molar-refractivity contribution is 0.548. The van der Waals surface area contributed by atoms with Gasteiger partial charge >= 0.3 is 0 Å². The van der Waals surface area contributed by atoms with Crippen LogP contribution in [-0.4, -0.2) is 23.1 Å². The van der Waals surface area contributed by atoms with Crippen molar-refractivity contribution in [2.45, 2.75) is 44.6 Å². The Bertz CT molecular complexity index is 335. The second kappa shape index (κ2) is 5.80. The fraction of sp³-hybridized carbons (Fsp3) is 0.667. The topological polar surface area (TPSA) is 29.0 Å². The van der Waals surface area contributed by atoms with Crippen molar-refractivity contribution in [1.82, 2.24) is 9.97 Å². The van der Waals surface area contributed by atoms with Crippen LogP contribution in [0.15, 0.2) is 12.5 Å². The predicted molar refractivity (Wildman–Crippen MR) is 74.6 cm³/mol. The largest absolute Gasteiger partial charge is 0.356 e. The van der Waals surface area contributed by atoms with E-state index in [1.54, 1.807) is 6.33 Å².